The first-order valence-corrected chi connectivity index (χ1v) is 9.49. The minimum absolute atomic E-state index is 0.157. The zero-order valence-corrected chi connectivity index (χ0v) is 14.8. The Morgan fingerprint density at radius 3 is 2.65 bits per heavy atom. The van der Waals surface area contributed by atoms with E-state index in [4.69, 9.17) is 14.2 Å². The van der Waals surface area contributed by atoms with Crippen LogP contribution in [0.4, 0.5) is 0 Å². The van der Waals surface area contributed by atoms with Crippen molar-refractivity contribution in [2.45, 2.75) is 12.2 Å². The predicted molar refractivity (Wildman–Crippen MR) is 100 cm³/mol. The van der Waals surface area contributed by atoms with Crippen LogP contribution in [0.15, 0.2) is 53.6 Å². The molecule has 2 heterocycles. The molecule has 1 saturated heterocycles. The van der Waals surface area contributed by atoms with Gasteiger partial charge in [-0.15, -0.1) is 0 Å². The average molecular weight is 370 g/mol. The molecule has 6 nitrogen and oxygen atoms in total. The fraction of sp³-hybridized carbons (Fsp3) is 0.263. The maximum atomic E-state index is 12.2. The number of hydrazone groups is 1. The van der Waals surface area contributed by atoms with Crippen molar-refractivity contribution in [3.05, 3.63) is 54.1 Å². The first kappa shape index (κ1) is 16.8. The molecule has 0 radical (unpaired) electrons. The average Bonchev–Trinajstić information content (AvgIpc) is 2.65. The van der Waals surface area contributed by atoms with Crippen molar-refractivity contribution in [3.8, 4) is 17.2 Å². The molecule has 2 aromatic carbocycles. The molecule has 1 atom stereocenters. The molecule has 2 aliphatic rings. The molecule has 0 aromatic heterocycles. The van der Waals surface area contributed by atoms with Crippen LogP contribution in [0.3, 0.4) is 0 Å². The summed E-state index contributed by atoms with van der Waals surface area (Å²) >= 11 is 1.88. The maximum absolute atomic E-state index is 12.2. The molecule has 0 aliphatic carbocycles. The smallest absolute Gasteiger partial charge is 0.284 e. The number of ether oxygens (including phenoxy) is 3. The standard InChI is InChI=1S/C19H18N2O4S/c22-19(18-10-23-16-3-1-2-4-17(16)25-18)21-20-9-13-5-7-14(8-6-13)24-15-11-26-12-15/h1-9,15,18H,10-12H2,(H,21,22)/b20-9+. The Morgan fingerprint density at radius 2 is 1.92 bits per heavy atom. The molecule has 26 heavy (non-hydrogen) atoms. The summed E-state index contributed by atoms with van der Waals surface area (Å²) in [5.41, 5.74) is 3.36. The van der Waals surface area contributed by atoms with Gasteiger partial charge < -0.3 is 14.2 Å². The number of carbonyl (C=O) groups is 1. The second-order valence-corrected chi connectivity index (χ2v) is 7.02. The van der Waals surface area contributed by atoms with Crippen LogP contribution < -0.4 is 19.6 Å². The molecule has 0 spiro atoms. The van der Waals surface area contributed by atoms with E-state index < -0.39 is 6.10 Å². The molecule has 134 valence electrons. The van der Waals surface area contributed by atoms with Gasteiger partial charge in [0.05, 0.1) is 6.21 Å². The molecule has 1 N–H and O–H groups in total. The van der Waals surface area contributed by atoms with Gasteiger partial charge in [0, 0.05) is 11.5 Å². The second-order valence-electron chi connectivity index (χ2n) is 5.94. The lowest BCUT2D eigenvalue weighted by Crippen LogP contribution is -2.42. The van der Waals surface area contributed by atoms with Gasteiger partial charge in [0.25, 0.3) is 5.91 Å². The van der Waals surface area contributed by atoms with Crippen molar-refractivity contribution in [2.24, 2.45) is 5.10 Å². The van der Waals surface area contributed by atoms with E-state index in [9.17, 15) is 4.79 Å². The highest BCUT2D eigenvalue weighted by atomic mass is 32.2. The van der Waals surface area contributed by atoms with E-state index in [0.717, 1.165) is 22.8 Å². The van der Waals surface area contributed by atoms with Crippen molar-refractivity contribution in [1.82, 2.24) is 5.43 Å². The van der Waals surface area contributed by atoms with Crippen LogP contribution in [-0.4, -0.2) is 42.4 Å². The van der Waals surface area contributed by atoms with Crippen molar-refractivity contribution >= 4 is 23.9 Å². The first-order chi connectivity index (χ1) is 12.8. The number of rotatable bonds is 5. The van der Waals surface area contributed by atoms with E-state index in [0.29, 0.717) is 17.6 Å². The van der Waals surface area contributed by atoms with Crippen LogP contribution in [0, 0.1) is 0 Å². The first-order valence-electron chi connectivity index (χ1n) is 8.34. The maximum Gasteiger partial charge on any atom is 0.284 e. The molecule has 2 aliphatic heterocycles. The largest absolute Gasteiger partial charge is 0.489 e. The van der Waals surface area contributed by atoms with Crippen LogP contribution >= 0.6 is 11.8 Å². The van der Waals surface area contributed by atoms with E-state index in [2.05, 4.69) is 10.5 Å². The number of nitrogens with zero attached hydrogens (tertiary/aromatic N) is 1. The van der Waals surface area contributed by atoms with Crippen LogP contribution in [0.1, 0.15) is 5.56 Å². The van der Waals surface area contributed by atoms with Crippen molar-refractivity contribution in [3.63, 3.8) is 0 Å². The Bertz CT molecular complexity index is 805. The summed E-state index contributed by atoms with van der Waals surface area (Å²) in [5, 5.41) is 3.99. The summed E-state index contributed by atoms with van der Waals surface area (Å²) < 4.78 is 17.0. The Balaban J connectivity index is 1.28. The van der Waals surface area contributed by atoms with Crippen molar-refractivity contribution in [1.29, 1.82) is 0 Å². The van der Waals surface area contributed by atoms with Gasteiger partial charge in [0.15, 0.2) is 11.5 Å². The van der Waals surface area contributed by atoms with Gasteiger partial charge in [-0.2, -0.15) is 16.9 Å². The van der Waals surface area contributed by atoms with Gasteiger partial charge in [0.2, 0.25) is 6.10 Å². The van der Waals surface area contributed by atoms with Gasteiger partial charge >= 0.3 is 0 Å². The van der Waals surface area contributed by atoms with Gasteiger partial charge in [-0.05, 0) is 42.0 Å². The number of benzene rings is 2. The molecule has 4 rings (SSSR count). The number of nitrogens with one attached hydrogen (secondary N) is 1. The fourth-order valence-electron chi connectivity index (χ4n) is 2.50. The molecular formula is C19H18N2O4S. The minimum Gasteiger partial charge on any atom is -0.489 e. The molecule has 0 bridgehead atoms. The number of hydrogen-bond acceptors (Lipinski definition) is 6. The lowest BCUT2D eigenvalue weighted by molar-refractivity contribution is -0.130. The highest BCUT2D eigenvalue weighted by molar-refractivity contribution is 8.00. The van der Waals surface area contributed by atoms with E-state index >= 15 is 0 Å². The molecule has 7 heteroatoms. The summed E-state index contributed by atoms with van der Waals surface area (Å²) in [6, 6.07) is 14.9. The number of amides is 1. The molecule has 0 saturated carbocycles. The number of fused-ring (bicyclic) bond motifs is 1. The summed E-state index contributed by atoms with van der Waals surface area (Å²) in [7, 11) is 0. The molecule has 1 amide bonds. The molecule has 1 fully saturated rings. The lowest BCUT2D eigenvalue weighted by atomic mass is 10.2. The minimum atomic E-state index is -0.724. The van der Waals surface area contributed by atoms with Gasteiger partial charge in [0.1, 0.15) is 18.5 Å². The fourth-order valence-corrected chi connectivity index (χ4v) is 3.06. The Labute approximate surface area is 155 Å². The Kier molecular flexibility index (Phi) is 4.97. The summed E-state index contributed by atoms with van der Waals surface area (Å²) in [6.07, 6.45) is 1.18. The summed E-state index contributed by atoms with van der Waals surface area (Å²) in [6.45, 7) is 0.157. The van der Waals surface area contributed by atoms with Crippen LogP contribution in [-0.2, 0) is 4.79 Å². The van der Waals surface area contributed by atoms with E-state index in [1.54, 1.807) is 18.3 Å². The van der Waals surface area contributed by atoms with Gasteiger partial charge in [-0.1, -0.05) is 12.1 Å². The highest BCUT2D eigenvalue weighted by Gasteiger charge is 2.27. The van der Waals surface area contributed by atoms with Crippen LogP contribution in [0.25, 0.3) is 0 Å². The third kappa shape index (κ3) is 3.94. The zero-order chi connectivity index (χ0) is 17.8. The van der Waals surface area contributed by atoms with Gasteiger partial charge in [-0.3, -0.25) is 4.79 Å². The second kappa shape index (κ2) is 7.70. The Hall–Kier alpha value is -2.67. The normalized spacial score (nSPS) is 19.0. The third-order valence-corrected chi connectivity index (χ3v) is 5.19. The SMILES string of the molecule is O=C(N/N=C/c1ccc(OC2CSC2)cc1)C1COc2ccccc2O1. The van der Waals surface area contributed by atoms with Crippen LogP contribution in [0.2, 0.25) is 0 Å². The predicted octanol–water partition coefficient (Wildman–Crippen LogP) is 2.47. The molecular weight excluding hydrogens is 352 g/mol. The third-order valence-electron chi connectivity index (χ3n) is 3.98. The highest BCUT2D eigenvalue weighted by Crippen LogP contribution is 2.30. The Morgan fingerprint density at radius 1 is 1.15 bits per heavy atom. The van der Waals surface area contributed by atoms with Crippen molar-refractivity contribution < 1.29 is 19.0 Å². The summed E-state index contributed by atoms with van der Waals surface area (Å²) in [4.78, 5) is 12.2. The monoisotopic (exact) mass is 370 g/mol. The van der Waals surface area contributed by atoms with E-state index in [1.165, 1.54) is 0 Å². The number of hydrogen-bond donors (Lipinski definition) is 1. The number of carbonyl (C=O) groups excluding carboxylic acids is 1. The zero-order valence-electron chi connectivity index (χ0n) is 14.0. The van der Waals surface area contributed by atoms with Gasteiger partial charge in [-0.25, -0.2) is 5.43 Å². The van der Waals surface area contributed by atoms with Crippen LogP contribution in [0.5, 0.6) is 17.2 Å². The lowest BCUT2D eigenvalue weighted by Gasteiger charge is -2.25. The quantitative estimate of drug-likeness (QED) is 0.647. The van der Waals surface area contributed by atoms with Crippen molar-refractivity contribution in [2.75, 3.05) is 18.1 Å². The van der Waals surface area contributed by atoms with E-state index in [1.807, 2.05) is 48.2 Å². The summed E-state index contributed by atoms with van der Waals surface area (Å²) in [5.74, 6) is 3.80. The molecule has 1 unspecified atom stereocenters. The topological polar surface area (TPSA) is 69.2 Å². The number of para-hydroxylation sites is 2. The number of thioether (sulfide) groups is 1. The van der Waals surface area contributed by atoms with E-state index in [-0.39, 0.29) is 12.5 Å². The molecule has 2 aromatic rings.